The van der Waals surface area contributed by atoms with Crippen LogP contribution in [0.3, 0.4) is 0 Å². The Balaban J connectivity index is 0. The van der Waals surface area contributed by atoms with Gasteiger partial charge in [-0.1, -0.05) is 0 Å². The molecule has 0 aliphatic heterocycles. The minimum atomic E-state index is 0. The normalized spacial score (nSPS) is 0. The van der Waals surface area contributed by atoms with E-state index in [0.29, 0.717) is 0 Å². The van der Waals surface area contributed by atoms with Crippen LogP contribution in [0.1, 0.15) is 0 Å². The summed E-state index contributed by atoms with van der Waals surface area (Å²) in [5.41, 5.74) is 0. The molecule has 0 aromatic carbocycles. The minimum absolute atomic E-state index is 0. The van der Waals surface area contributed by atoms with Crippen LogP contribution in [0.25, 0.3) is 0 Å². The van der Waals surface area contributed by atoms with Crippen molar-refractivity contribution in [3.63, 3.8) is 0 Å². The molecule has 0 heterocycles. The summed E-state index contributed by atoms with van der Waals surface area (Å²) in [7, 11) is 0. The maximum Gasteiger partial charge on any atom is 0 e. The molecule has 57 heavy (non-hydrogen) atoms. The molecular formula is H108Fe3O54. The molecule has 57 heteroatoms. The molecule has 0 aliphatic rings. The Kier molecular flexibility index (Phi) is 3800000000. The van der Waals surface area contributed by atoms with Crippen LogP contribution in [0.5, 0.6) is 0 Å². The van der Waals surface area contributed by atoms with Gasteiger partial charge in [0, 0.05) is 51.2 Å². The average molecular weight is 1140 g/mol. The van der Waals surface area contributed by atoms with E-state index in [1.165, 1.54) is 0 Å². The first kappa shape index (κ1) is 478000. The van der Waals surface area contributed by atoms with E-state index in [9.17, 15) is 0 Å². The Morgan fingerprint density at radius 1 is 0.0351 bits per heavy atom. The van der Waals surface area contributed by atoms with Gasteiger partial charge < -0.3 is 296 Å². The molecular weight excluding hydrogens is 1030 g/mol. The van der Waals surface area contributed by atoms with Crippen molar-refractivity contribution in [2.75, 3.05) is 0 Å². The quantitative estimate of drug-likeness (QED) is 0.204. The predicted molar refractivity (Wildman–Crippen MR) is 195 cm³/mol. The zero-order chi connectivity index (χ0) is 0. The Morgan fingerprint density at radius 2 is 0.0351 bits per heavy atom. The largest absolute Gasteiger partial charge is 0.412 e. The maximum absolute atomic E-state index is 0. The topological polar surface area (TPSA) is 1700 Å². The molecule has 0 saturated heterocycles. The van der Waals surface area contributed by atoms with E-state index in [1.807, 2.05) is 0 Å². The second-order valence-corrected chi connectivity index (χ2v) is 0. The molecule has 108 N–H and O–H groups in total. The van der Waals surface area contributed by atoms with Crippen molar-refractivity contribution in [1.29, 1.82) is 0 Å². The fraction of sp³-hybridized carbons (Fsp3) is 0. The van der Waals surface area contributed by atoms with E-state index in [4.69, 9.17) is 0 Å². The summed E-state index contributed by atoms with van der Waals surface area (Å²) >= 11 is 0. The molecule has 0 atom stereocenters. The SMILES string of the molecule is O.O.O.O.O.O.O.O.O.O.O.O.O.O.O.O.O.O.O.O.O.O.O.O.O.O.O.O.O.O.O.O.O.O.O.O.O.O.O.O.O.O.O.O.O.O.O.O.O.O.O.O.O.O.[Fe].[Fe].[Fe]. The second-order valence-electron chi connectivity index (χ2n) is 0. The molecule has 54 nitrogen and oxygen atoms in total. The van der Waals surface area contributed by atoms with Crippen molar-refractivity contribution in [2.45, 2.75) is 0 Å². The van der Waals surface area contributed by atoms with Gasteiger partial charge in [-0.05, 0) is 0 Å². The number of rotatable bonds is 0. The Morgan fingerprint density at radius 3 is 0.0351 bits per heavy atom. The van der Waals surface area contributed by atoms with Crippen molar-refractivity contribution in [3.05, 3.63) is 0 Å². The van der Waals surface area contributed by atoms with Gasteiger partial charge in [-0.25, -0.2) is 0 Å². The van der Waals surface area contributed by atoms with Crippen molar-refractivity contribution < 1.29 is 347 Å². The van der Waals surface area contributed by atoms with Crippen LogP contribution >= 0.6 is 0 Å². The molecule has 456 valence electrons. The summed E-state index contributed by atoms with van der Waals surface area (Å²) in [6.45, 7) is 0. The third kappa shape index (κ3) is 437000. The summed E-state index contributed by atoms with van der Waals surface area (Å²) < 4.78 is 0. The molecule has 0 radical (unpaired) electrons. The summed E-state index contributed by atoms with van der Waals surface area (Å²) in [4.78, 5) is 0. The Bertz CT molecular complexity index is 17.0. The van der Waals surface area contributed by atoms with E-state index in [-0.39, 0.29) is 347 Å². The van der Waals surface area contributed by atoms with Crippen molar-refractivity contribution >= 4 is 0 Å². The summed E-state index contributed by atoms with van der Waals surface area (Å²) in [6.07, 6.45) is 0. The van der Waals surface area contributed by atoms with Crippen molar-refractivity contribution in [3.8, 4) is 0 Å². The third-order valence-corrected chi connectivity index (χ3v) is 0. The van der Waals surface area contributed by atoms with Gasteiger partial charge >= 0.3 is 0 Å². The Hall–Kier alpha value is -0.602. The zero-order valence-electron chi connectivity index (χ0n) is 28.1. The van der Waals surface area contributed by atoms with Crippen LogP contribution in [0.2, 0.25) is 0 Å². The molecule has 0 bridgehead atoms. The molecule has 0 aromatic heterocycles. The monoisotopic (exact) mass is 1140 g/mol. The fourth-order valence-electron chi connectivity index (χ4n) is 0. The smallest absolute Gasteiger partial charge is 0 e. The molecule has 0 unspecified atom stereocenters. The third-order valence-electron chi connectivity index (χ3n) is 0. The number of hydrogen-bond acceptors (Lipinski definition) is 0. The molecule has 0 spiro atoms. The van der Waals surface area contributed by atoms with Crippen LogP contribution in [0.4, 0.5) is 0 Å². The van der Waals surface area contributed by atoms with Gasteiger partial charge in [-0.3, -0.25) is 0 Å². The first-order chi connectivity index (χ1) is 0. The van der Waals surface area contributed by atoms with E-state index in [2.05, 4.69) is 0 Å². The van der Waals surface area contributed by atoms with Crippen LogP contribution in [-0.2, 0) is 51.2 Å². The van der Waals surface area contributed by atoms with Crippen LogP contribution in [0.15, 0.2) is 0 Å². The molecule has 0 aliphatic carbocycles. The van der Waals surface area contributed by atoms with Crippen LogP contribution in [0, 0.1) is 0 Å². The van der Waals surface area contributed by atoms with Crippen molar-refractivity contribution in [2.24, 2.45) is 0 Å². The van der Waals surface area contributed by atoms with Gasteiger partial charge in [-0.15, -0.1) is 0 Å². The fourth-order valence-corrected chi connectivity index (χ4v) is 0. The van der Waals surface area contributed by atoms with E-state index in [0.717, 1.165) is 0 Å². The first-order valence-electron chi connectivity index (χ1n) is 0. The second kappa shape index (κ2) is 453000. The van der Waals surface area contributed by atoms with E-state index >= 15 is 0 Å². The van der Waals surface area contributed by atoms with Gasteiger partial charge in [-0.2, -0.15) is 0 Å². The molecule has 0 amide bonds. The summed E-state index contributed by atoms with van der Waals surface area (Å²) in [5, 5.41) is 0. The van der Waals surface area contributed by atoms with Crippen LogP contribution in [-0.4, -0.2) is 296 Å². The minimum Gasteiger partial charge on any atom is -0.412 e. The number of hydrogen-bond donors (Lipinski definition) is 0. The molecule has 0 rings (SSSR count). The predicted octanol–water partition coefficient (Wildman–Crippen LogP) is -44.5. The van der Waals surface area contributed by atoms with Crippen LogP contribution < -0.4 is 0 Å². The summed E-state index contributed by atoms with van der Waals surface area (Å²) in [6, 6.07) is 0. The zero-order valence-corrected chi connectivity index (χ0v) is 31.4. The molecule has 0 fully saturated rings. The molecule has 0 aromatic rings. The Labute approximate surface area is 347 Å². The van der Waals surface area contributed by atoms with Gasteiger partial charge in [0.15, 0.2) is 0 Å². The van der Waals surface area contributed by atoms with Gasteiger partial charge in [0.25, 0.3) is 0 Å². The van der Waals surface area contributed by atoms with Gasteiger partial charge in [0.1, 0.15) is 0 Å². The average Bonchev–Trinajstić information content (AvgIpc) is 0. The first-order valence-corrected chi connectivity index (χ1v) is 0. The van der Waals surface area contributed by atoms with Gasteiger partial charge in [0.2, 0.25) is 0 Å². The standard InChI is InChI=1S/3Fe.54H2O/h;;;54*1H2. The maximum atomic E-state index is 0. The van der Waals surface area contributed by atoms with Crippen molar-refractivity contribution in [1.82, 2.24) is 0 Å². The van der Waals surface area contributed by atoms with Gasteiger partial charge in [0.05, 0.1) is 0 Å². The summed E-state index contributed by atoms with van der Waals surface area (Å²) in [5.74, 6) is 0. The molecule has 0 saturated carbocycles. The van der Waals surface area contributed by atoms with E-state index < -0.39 is 0 Å². The van der Waals surface area contributed by atoms with E-state index in [1.54, 1.807) is 0 Å².